The van der Waals surface area contributed by atoms with Crippen LogP contribution < -0.4 is 11.1 Å². The molecule has 0 spiro atoms. The predicted octanol–water partition coefficient (Wildman–Crippen LogP) is 2.28. The number of benzene rings is 1. The molecule has 1 aromatic carbocycles. The van der Waals surface area contributed by atoms with Crippen LogP contribution in [0.5, 0.6) is 0 Å². The van der Waals surface area contributed by atoms with Gasteiger partial charge in [-0.2, -0.15) is 0 Å². The molecule has 2 aromatic rings. The number of anilines is 1. The van der Waals surface area contributed by atoms with Crippen molar-refractivity contribution in [2.75, 3.05) is 12.3 Å². The number of nitrogens with zero attached hydrogens (tertiary/aromatic N) is 1. The van der Waals surface area contributed by atoms with E-state index in [0.29, 0.717) is 5.82 Å². The van der Waals surface area contributed by atoms with Crippen molar-refractivity contribution in [3.8, 4) is 11.1 Å². The monoisotopic (exact) mass is 239 g/mol. The Kier molecular flexibility index (Phi) is 2.76. The summed E-state index contributed by atoms with van der Waals surface area (Å²) in [6.07, 6.45) is 2.95. The topological polar surface area (TPSA) is 50.9 Å². The number of hydrogen-bond acceptors (Lipinski definition) is 3. The molecule has 0 fully saturated rings. The van der Waals surface area contributed by atoms with Crippen LogP contribution >= 0.6 is 0 Å². The first kappa shape index (κ1) is 11.2. The van der Waals surface area contributed by atoms with E-state index in [0.717, 1.165) is 25.1 Å². The first-order chi connectivity index (χ1) is 8.75. The highest BCUT2D eigenvalue weighted by Crippen LogP contribution is 2.29. The predicted molar refractivity (Wildman–Crippen MR) is 74.2 cm³/mol. The minimum absolute atomic E-state index is 0.616. The Bertz CT molecular complexity index is 590. The van der Waals surface area contributed by atoms with E-state index in [-0.39, 0.29) is 0 Å². The zero-order valence-corrected chi connectivity index (χ0v) is 10.5. The average Bonchev–Trinajstić information content (AvgIpc) is 2.41. The number of nitrogen functional groups attached to an aromatic ring is 1. The average molecular weight is 239 g/mol. The lowest BCUT2D eigenvalue weighted by Crippen LogP contribution is -2.24. The van der Waals surface area contributed by atoms with E-state index in [4.69, 9.17) is 5.73 Å². The summed E-state index contributed by atoms with van der Waals surface area (Å²) >= 11 is 0. The first-order valence-electron chi connectivity index (χ1n) is 6.29. The summed E-state index contributed by atoms with van der Waals surface area (Å²) in [5.41, 5.74) is 12.1. The molecule has 0 unspecified atom stereocenters. The summed E-state index contributed by atoms with van der Waals surface area (Å²) in [5.74, 6) is 0.616. The highest BCUT2D eigenvalue weighted by molar-refractivity contribution is 5.70. The van der Waals surface area contributed by atoms with E-state index in [1.165, 1.54) is 22.3 Å². The van der Waals surface area contributed by atoms with Crippen LogP contribution in [0.4, 0.5) is 5.82 Å². The largest absolute Gasteiger partial charge is 0.383 e. The van der Waals surface area contributed by atoms with Crippen LogP contribution in [-0.4, -0.2) is 11.5 Å². The van der Waals surface area contributed by atoms with Crippen molar-refractivity contribution >= 4 is 5.82 Å². The number of nitrogens with one attached hydrogen (secondary N) is 1. The molecule has 92 valence electrons. The second-order valence-electron chi connectivity index (χ2n) is 4.80. The molecule has 18 heavy (non-hydrogen) atoms. The molecular weight excluding hydrogens is 222 g/mol. The van der Waals surface area contributed by atoms with Gasteiger partial charge in [0.15, 0.2) is 0 Å². The molecule has 1 aliphatic rings. The summed E-state index contributed by atoms with van der Waals surface area (Å²) in [4.78, 5) is 4.27. The number of rotatable bonds is 1. The van der Waals surface area contributed by atoms with E-state index in [1.807, 2.05) is 13.1 Å². The van der Waals surface area contributed by atoms with Gasteiger partial charge in [0, 0.05) is 18.3 Å². The molecule has 3 nitrogen and oxygen atoms in total. The Labute approximate surface area is 107 Å². The third-order valence-electron chi connectivity index (χ3n) is 3.57. The van der Waals surface area contributed by atoms with Crippen molar-refractivity contribution in [2.45, 2.75) is 19.9 Å². The maximum atomic E-state index is 5.78. The Balaban J connectivity index is 2.13. The molecular formula is C15H17N3. The van der Waals surface area contributed by atoms with Crippen LogP contribution in [0.15, 0.2) is 30.5 Å². The van der Waals surface area contributed by atoms with Gasteiger partial charge in [0.25, 0.3) is 0 Å². The Morgan fingerprint density at radius 1 is 1.33 bits per heavy atom. The zero-order chi connectivity index (χ0) is 12.5. The van der Waals surface area contributed by atoms with Crippen LogP contribution in [0.3, 0.4) is 0 Å². The maximum absolute atomic E-state index is 5.78. The SMILES string of the molecule is Cc1cc(-c2cccc3c2CCNC3)cnc1N. The highest BCUT2D eigenvalue weighted by atomic mass is 14.9. The van der Waals surface area contributed by atoms with Gasteiger partial charge >= 0.3 is 0 Å². The van der Waals surface area contributed by atoms with Gasteiger partial charge in [-0.15, -0.1) is 0 Å². The van der Waals surface area contributed by atoms with Crippen LogP contribution in [0.1, 0.15) is 16.7 Å². The summed E-state index contributed by atoms with van der Waals surface area (Å²) in [6, 6.07) is 8.62. The fourth-order valence-corrected chi connectivity index (χ4v) is 2.54. The summed E-state index contributed by atoms with van der Waals surface area (Å²) in [7, 11) is 0. The molecule has 0 radical (unpaired) electrons. The molecule has 0 atom stereocenters. The molecule has 0 amide bonds. The van der Waals surface area contributed by atoms with Gasteiger partial charge in [0.05, 0.1) is 0 Å². The molecule has 3 rings (SSSR count). The number of pyridine rings is 1. The second-order valence-corrected chi connectivity index (χ2v) is 4.80. The van der Waals surface area contributed by atoms with E-state index in [1.54, 1.807) is 0 Å². The first-order valence-corrected chi connectivity index (χ1v) is 6.29. The maximum Gasteiger partial charge on any atom is 0.126 e. The summed E-state index contributed by atoms with van der Waals surface area (Å²) < 4.78 is 0. The summed E-state index contributed by atoms with van der Waals surface area (Å²) in [6.45, 7) is 4.01. The van der Waals surface area contributed by atoms with E-state index in [9.17, 15) is 0 Å². The minimum atomic E-state index is 0.616. The van der Waals surface area contributed by atoms with Crippen LogP contribution in [0.25, 0.3) is 11.1 Å². The Morgan fingerprint density at radius 3 is 3.06 bits per heavy atom. The molecule has 1 aliphatic heterocycles. The fourth-order valence-electron chi connectivity index (χ4n) is 2.54. The zero-order valence-electron chi connectivity index (χ0n) is 10.5. The number of hydrogen-bond donors (Lipinski definition) is 2. The van der Waals surface area contributed by atoms with Crippen molar-refractivity contribution in [1.82, 2.24) is 10.3 Å². The molecule has 0 aliphatic carbocycles. The Morgan fingerprint density at radius 2 is 2.22 bits per heavy atom. The Hall–Kier alpha value is -1.87. The van der Waals surface area contributed by atoms with Crippen molar-refractivity contribution in [1.29, 1.82) is 0 Å². The second kappa shape index (κ2) is 4.42. The summed E-state index contributed by atoms with van der Waals surface area (Å²) in [5, 5.41) is 3.40. The molecule has 2 heterocycles. The van der Waals surface area contributed by atoms with Gasteiger partial charge in [0.2, 0.25) is 0 Å². The van der Waals surface area contributed by atoms with Crippen molar-refractivity contribution in [3.05, 3.63) is 47.2 Å². The van der Waals surface area contributed by atoms with Gasteiger partial charge < -0.3 is 11.1 Å². The van der Waals surface area contributed by atoms with Gasteiger partial charge in [-0.3, -0.25) is 0 Å². The van der Waals surface area contributed by atoms with Crippen molar-refractivity contribution < 1.29 is 0 Å². The van der Waals surface area contributed by atoms with E-state index in [2.05, 4.69) is 34.6 Å². The number of nitrogens with two attached hydrogens (primary N) is 1. The third kappa shape index (κ3) is 1.87. The number of aromatic nitrogens is 1. The van der Waals surface area contributed by atoms with Crippen LogP contribution in [0, 0.1) is 6.92 Å². The smallest absolute Gasteiger partial charge is 0.126 e. The molecule has 1 aromatic heterocycles. The van der Waals surface area contributed by atoms with Crippen LogP contribution in [0.2, 0.25) is 0 Å². The number of aryl methyl sites for hydroxylation is 1. The number of fused-ring (bicyclic) bond motifs is 1. The quantitative estimate of drug-likeness (QED) is 0.802. The van der Waals surface area contributed by atoms with E-state index < -0.39 is 0 Å². The normalized spacial score (nSPS) is 14.3. The molecule has 3 heteroatoms. The van der Waals surface area contributed by atoms with Gasteiger partial charge in [-0.05, 0) is 48.2 Å². The molecule has 0 saturated heterocycles. The highest BCUT2D eigenvalue weighted by Gasteiger charge is 2.13. The van der Waals surface area contributed by atoms with Gasteiger partial charge in [-0.1, -0.05) is 18.2 Å². The van der Waals surface area contributed by atoms with Crippen LogP contribution in [-0.2, 0) is 13.0 Å². The van der Waals surface area contributed by atoms with Crippen molar-refractivity contribution in [3.63, 3.8) is 0 Å². The third-order valence-corrected chi connectivity index (χ3v) is 3.57. The standard InChI is InChI=1S/C15H17N3/c1-10-7-12(9-18-15(10)16)13-4-2-3-11-8-17-6-5-14(11)13/h2-4,7,9,17H,5-6,8H2,1H3,(H2,16,18). The minimum Gasteiger partial charge on any atom is -0.383 e. The molecule has 0 saturated carbocycles. The molecule has 0 bridgehead atoms. The lowest BCUT2D eigenvalue weighted by Gasteiger charge is -2.20. The molecule has 3 N–H and O–H groups in total. The lowest BCUT2D eigenvalue weighted by atomic mass is 9.92. The van der Waals surface area contributed by atoms with Gasteiger partial charge in [0.1, 0.15) is 5.82 Å². The lowest BCUT2D eigenvalue weighted by molar-refractivity contribution is 0.645. The van der Waals surface area contributed by atoms with Crippen molar-refractivity contribution in [2.24, 2.45) is 0 Å². The van der Waals surface area contributed by atoms with E-state index >= 15 is 0 Å². The van der Waals surface area contributed by atoms with Gasteiger partial charge in [-0.25, -0.2) is 4.98 Å². The fraction of sp³-hybridized carbons (Fsp3) is 0.267.